The largest absolute Gasteiger partial charge is 0.350 e. The van der Waals surface area contributed by atoms with Crippen molar-refractivity contribution < 1.29 is 9.59 Å². The molecule has 27 heavy (non-hydrogen) atoms. The first-order valence-electron chi connectivity index (χ1n) is 8.63. The summed E-state index contributed by atoms with van der Waals surface area (Å²) in [5.74, 6) is -0.500. The number of benzene rings is 1. The van der Waals surface area contributed by atoms with Gasteiger partial charge in [0.25, 0.3) is 0 Å². The lowest BCUT2D eigenvalue weighted by atomic mass is 10.1. The Morgan fingerprint density at radius 3 is 2.48 bits per heavy atom. The third kappa shape index (κ3) is 5.69. The van der Waals surface area contributed by atoms with Crippen LogP contribution in [-0.4, -0.2) is 45.6 Å². The Morgan fingerprint density at radius 2 is 1.89 bits per heavy atom. The molecule has 0 aliphatic carbocycles. The standard InChI is InChI=1S/C20H25ClN4O2/c1-14-16(19(21)25(23-14)15-9-7-6-8-10-15)11-12-18(27)24(5)13-17(26)22-20(2,3)4/h6-12H,13H2,1-5H3,(H,22,26). The fourth-order valence-corrected chi connectivity index (χ4v) is 2.81. The SMILES string of the molecule is Cc1nn(-c2ccccc2)c(Cl)c1C=CC(=O)N(C)CC(=O)NC(C)(C)C. The van der Waals surface area contributed by atoms with Crippen molar-refractivity contribution in [2.75, 3.05) is 13.6 Å². The van der Waals surface area contributed by atoms with E-state index in [9.17, 15) is 9.59 Å². The van der Waals surface area contributed by atoms with Crippen LogP contribution in [0.2, 0.25) is 5.15 Å². The lowest BCUT2D eigenvalue weighted by Gasteiger charge is -2.22. The topological polar surface area (TPSA) is 67.2 Å². The molecule has 6 nitrogen and oxygen atoms in total. The smallest absolute Gasteiger partial charge is 0.246 e. The molecule has 0 spiro atoms. The summed E-state index contributed by atoms with van der Waals surface area (Å²) < 4.78 is 1.63. The molecule has 0 bridgehead atoms. The molecule has 0 radical (unpaired) electrons. The predicted molar refractivity (Wildman–Crippen MR) is 108 cm³/mol. The van der Waals surface area contributed by atoms with E-state index in [2.05, 4.69) is 10.4 Å². The number of carbonyl (C=O) groups is 2. The Kier molecular flexibility index (Phi) is 6.44. The first kappa shape index (κ1) is 20.7. The van der Waals surface area contributed by atoms with Crippen molar-refractivity contribution in [3.63, 3.8) is 0 Å². The highest BCUT2D eigenvalue weighted by atomic mass is 35.5. The van der Waals surface area contributed by atoms with Gasteiger partial charge in [-0.05, 0) is 45.9 Å². The molecule has 2 aromatic rings. The van der Waals surface area contributed by atoms with Gasteiger partial charge in [-0.2, -0.15) is 5.10 Å². The minimum Gasteiger partial charge on any atom is -0.350 e. The van der Waals surface area contributed by atoms with Crippen molar-refractivity contribution in [2.45, 2.75) is 33.2 Å². The molecule has 0 saturated carbocycles. The molecule has 0 unspecified atom stereocenters. The van der Waals surface area contributed by atoms with Crippen molar-refractivity contribution in [1.82, 2.24) is 20.0 Å². The third-order valence-corrected chi connectivity index (χ3v) is 4.08. The summed E-state index contributed by atoms with van der Waals surface area (Å²) in [6, 6.07) is 9.52. The summed E-state index contributed by atoms with van der Waals surface area (Å²) in [6.07, 6.45) is 3.03. The summed E-state index contributed by atoms with van der Waals surface area (Å²) in [6.45, 7) is 7.48. The Morgan fingerprint density at radius 1 is 1.26 bits per heavy atom. The van der Waals surface area contributed by atoms with E-state index in [4.69, 9.17) is 11.6 Å². The Bertz CT molecular complexity index is 851. The third-order valence-electron chi connectivity index (χ3n) is 3.71. The van der Waals surface area contributed by atoms with Gasteiger partial charge in [-0.3, -0.25) is 9.59 Å². The van der Waals surface area contributed by atoms with Gasteiger partial charge in [0, 0.05) is 24.2 Å². The summed E-state index contributed by atoms with van der Waals surface area (Å²) in [7, 11) is 1.58. The number of nitrogens with zero attached hydrogens (tertiary/aromatic N) is 3. The maximum atomic E-state index is 12.3. The van der Waals surface area contributed by atoms with Crippen molar-refractivity contribution in [3.05, 3.63) is 52.8 Å². The molecule has 1 aromatic carbocycles. The van der Waals surface area contributed by atoms with E-state index in [1.807, 2.05) is 58.0 Å². The van der Waals surface area contributed by atoms with E-state index < -0.39 is 0 Å². The van der Waals surface area contributed by atoms with Crippen molar-refractivity contribution in [2.24, 2.45) is 0 Å². The molecular weight excluding hydrogens is 364 g/mol. The maximum Gasteiger partial charge on any atom is 0.246 e. The zero-order valence-electron chi connectivity index (χ0n) is 16.3. The summed E-state index contributed by atoms with van der Waals surface area (Å²) >= 11 is 6.44. The fourth-order valence-electron chi connectivity index (χ4n) is 2.47. The number of halogens is 1. The minimum atomic E-state index is -0.340. The van der Waals surface area contributed by atoms with Gasteiger partial charge in [-0.1, -0.05) is 29.8 Å². The van der Waals surface area contributed by atoms with Crippen molar-refractivity contribution >= 4 is 29.5 Å². The normalized spacial score (nSPS) is 11.6. The fraction of sp³-hybridized carbons (Fsp3) is 0.350. The van der Waals surface area contributed by atoms with Gasteiger partial charge in [0.15, 0.2) is 0 Å². The van der Waals surface area contributed by atoms with E-state index in [0.29, 0.717) is 16.4 Å². The number of amides is 2. The number of likely N-dealkylation sites (N-methyl/N-ethyl adjacent to an activating group) is 1. The van der Waals surface area contributed by atoms with Gasteiger partial charge in [0.2, 0.25) is 11.8 Å². The maximum absolute atomic E-state index is 12.3. The van der Waals surface area contributed by atoms with Gasteiger partial charge in [0.1, 0.15) is 5.15 Å². The van der Waals surface area contributed by atoms with Crippen LogP contribution in [0.15, 0.2) is 36.4 Å². The number of aryl methyl sites for hydroxylation is 1. The number of nitrogens with one attached hydrogen (secondary N) is 1. The van der Waals surface area contributed by atoms with Gasteiger partial charge in [0.05, 0.1) is 17.9 Å². The monoisotopic (exact) mass is 388 g/mol. The second-order valence-corrected chi connectivity index (χ2v) is 7.72. The zero-order valence-corrected chi connectivity index (χ0v) is 17.0. The van der Waals surface area contributed by atoms with Crippen LogP contribution in [-0.2, 0) is 9.59 Å². The van der Waals surface area contributed by atoms with Gasteiger partial charge in [-0.25, -0.2) is 4.68 Å². The van der Waals surface area contributed by atoms with E-state index in [0.717, 1.165) is 5.69 Å². The van der Waals surface area contributed by atoms with Gasteiger partial charge in [-0.15, -0.1) is 0 Å². The molecule has 0 aliphatic heterocycles. The molecule has 0 fully saturated rings. The number of aromatic nitrogens is 2. The van der Waals surface area contributed by atoms with Crippen LogP contribution in [0.3, 0.4) is 0 Å². The van der Waals surface area contributed by atoms with E-state index >= 15 is 0 Å². The van der Waals surface area contributed by atoms with Crippen molar-refractivity contribution in [3.8, 4) is 5.69 Å². The van der Waals surface area contributed by atoms with Crippen LogP contribution in [0.4, 0.5) is 0 Å². The molecule has 0 atom stereocenters. The van der Waals surface area contributed by atoms with Crippen LogP contribution < -0.4 is 5.32 Å². The van der Waals surface area contributed by atoms with E-state index in [1.165, 1.54) is 11.0 Å². The molecule has 2 amide bonds. The van der Waals surface area contributed by atoms with Gasteiger partial charge >= 0.3 is 0 Å². The van der Waals surface area contributed by atoms with Gasteiger partial charge < -0.3 is 10.2 Å². The van der Waals surface area contributed by atoms with Crippen molar-refractivity contribution in [1.29, 1.82) is 0 Å². The molecule has 1 aromatic heterocycles. The molecule has 7 heteroatoms. The predicted octanol–water partition coefficient (Wildman–Crippen LogP) is 3.22. The minimum absolute atomic E-state index is 0.0174. The average Bonchev–Trinajstić information content (AvgIpc) is 2.86. The summed E-state index contributed by atoms with van der Waals surface area (Å²) in [4.78, 5) is 25.6. The second-order valence-electron chi connectivity index (χ2n) is 7.36. The summed E-state index contributed by atoms with van der Waals surface area (Å²) in [5.41, 5.74) is 1.88. The molecular formula is C20H25ClN4O2. The number of rotatable bonds is 5. The van der Waals surface area contributed by atoms with Crippen LogP contribution in [0.5, 0.6) is 0 Å². The first-order chi connectivity index (χ1) is 12.6. The van der Waals surface area contributed by atoms with E-state index in [-0.39, 0.29) is 23.9 Å². The van der Waals surface area contributed by atoms with Crippen LogP contribution in [0.25, 0.3) is 11.8 Å². The molecule has 0 saturated heterocycles. The van der Waals surface area contributed by atoms with Crippen LogP contribution in [0, 0.1) is 6.92 Å². The number of para-hydroxylation sites is 1. The number of hydrogen-bond donors (Lipinski definition) is 1. The Labute approximate surface area is 164 Å². The molecule has 1 heterocycles. The molecule has 0 aliphatic rings. The quantitative estimate of drug-likeness (QED) is 0.799. The first-order valence-corrected chi connectivity index (χ1v) is 9.01. The number of hydrogen-bond acceptors (Lipinski definition) is 3. The van der Waals surface area contributed by atoms with E-state index in [1.54, 1.807) is 17.8 Å². The molecule has 2 rings (SSSR count). The average molecular weight is 389 g/mol. The van der Waals surface area contributed by atoms with Crippen LogP contribution >= 0.6 is 11.6 Å². The number of carbonyl (C=O) groups excluding carboxylic acids is 2. The zero-order chi connectivity index (χ0) is 20.2. The lowest BCUT2D eigenvalue weighted by molar-refractivity contribution is -0.131. The highest BCUT2D eigenvalue weighted by Gasteiger charge is 2.17. The highest BCUT2D eigenvalue weighted by molar-refractivity contribution is 6.31. The lowest BCUT2D eigenvalue weighted by Crippen LogP contribution is -2.46. The highest BCUT2D eigenvalue weighted by Crippen LogP contribution is 2.24. The Hall–Kier alpha value is -2.60. The Balaban J connectivity index is 2.10. The molecule has 1 N–H and O–H groups in total. The van der Waals surface area contributed by atoms with Crippen LogP contribution in [0.1, 0.15) is 32.0 Å². The summed E-state index contributed by atoms with van der Waals surface area (Å²) in [5, 5.41) is 7.69. The second kappa shape index (κ2) is 8.39. The molecule has 144 valence electrons.